The van der Waals surface area contributed by atoms with Gasteiger partial charge in [-0.2, -0.15) is 0 Å². The van der Waals surface area contributed by atoms with E-state index < -0.39 is 27.6 Å². The van der Waals surface area contributed by atoms with Crippen molar-refractivity contribution in [2.75, 3.05) is 10.7 Å². The minimum absolute atomic E-state index is 0.0213. The molecule has 7 heteroatoms. The summed E-state index contributed by atoms with van der Waals surface area (Å²) in [7, 11) is -3.39. The zero-order chi connectivity index (χ0) is 18.2. The molecule has 1 aliphatic rings. The molecule has 25 heavy (non-hydrogen) atoms. The van der Waals surface area contributed by atoms with Crippen LogP contribution < -0.4 is 4.90 Å². The molecule has 0 saturated carbocycles. The number of aryl methyl sites for hydroxylation is 1. The Kier molecular flexibility index (Phi) is 4.67. The zero-order valence-corrected chi connectivity index (χ0v) is 14.9. The topological polar surface area (TPSA) is 54.5 Å². The fourth-order valence-electron chi connectivity index (χ4n) is 2.71. The minimum atomic E-state index is -3.39. The van der Waals surface area contributed by atoms with E-state index in [1.54, 1.807) is 24.3 Å². The molecule has 0 radical (unpaired) electrons. The molecular formula is C18H15ClFNO3S. The van der Waals surface area contributed by atoms with Gasteiger partial charge in [-0.1, -0.05) is 35.4 Å². The van der Waals surface area contributed by atoms with Crippen LogP contribution in [0.3, 0.4) is 0 Å². The van der Waals surface area contributed by atoms with E-state index in [9.17, 15) is 17.6 Å². The summed E-state index contributed by atoms with van der Waals surface area (Å²) in [4.78, 5) is 14.3. The molecule has 0 fully saturated rings. The second-order valence-electron chi connectivity index (χ2n) is 5.83. The number of carbonyl (C=O) groups excluding carboxylic acids is 1. The maximum absolute atomic E-state index is 14.2. The van der Waals surface area contributed by atoms with E-state index >= 15 is 0 Å². The third kappa shape index (κ3) is 3.60. The Morgan fingerprint density at radius 3 is 2.44 bits per heavy atom. The number of hydrogen-bond acceptors (Lipinski definition) is 3. The molecule has 2 aromatic carbocycles. The van der Waals surface area contributed by atoms with Crippen LogP contribution in [-0.4, -0.2) is 26.1 Å². The van der Waals surface area contributed by atoms with Crippen molar-refractivity contribution in [2.24, 2.45) is 0 Å². The molecule has 1 aliphatic heterocycles. The van der Waals surface area contributed by atoms with Gasteiger partial charge in [-0.15, -0.1) is 0 Å². The Labute approximate surface area is 150 Å². The smallest absolute Gasteiger partial charge is 0.263 e. The average molecular weight is 380 g/mol. The molecule has 1 amide bonds. The normalized spacial score (nSPS) is 18.3. The Balaban J connectivity index is 2.10. The number of amides is 1. The van der Waals surface area contributed by atoms with Crippen molar-refractivity contribution >= 4 is 33.0 Å². The number of nitrogens with zero attached hydrogens (tertiary/aromatic N) is 1. The van der Waals surface area contributed by atoms with Crippen LogP contribution in [0.2, 0.25) is 5.02 Å². The van der Waals surface area contributed by atoms with Gasteiger partial charge in [0.15, 0.2) is 9.84 Å². The summed E-state index contributed by atoms with van der Waals surface area (Å²) in [5.74, 6) is -1.68. The average Bonchev–Trinajstić information content (AvgIpc) is 2.89. The molecule has 130 valence electrons. The Morgan fingerprint density at radius 2 is 1.88 bits per heavy atom. The van der Waals surface area contributed by atoms with Gasteiger partial charge in [-0.05, 0) is 37.3 Å². The third-order valence-corrected chi connectivity index (χ3v) is 5.64. The maximum Gasteiger partial charge on any atom is 0.263 e. The molecule has 3 rings (SSSR count). The van der Waals surface area contributed by atoms with Gasteiger partial charge in [-0.25, -0.2) is 12.8 Å². The van der Waals surface area contributed by atoms with Crippen LogP contribution in [0.25, 0.3) is 0 Å². The second kappa shape index (κ2) is 6.61. The van der Waals surface area contributed by atoms with Crippen molar-refractivity contribution in [3.8, 4) is 0 Å². The first-order valence-electron chi connectivity index (χ1n) is 7.54. The van der Waals surface area contributed by atoms with Gasteiger partial charge in [0.2, 0.25) is 0 Å². The largest absolute Gasteiger partial charge is 0.300 e. The zero-order valence-electron chi connectivity index (χ0n) is 13.3. The number of sulfone groups is 1. The summed E-state index contributed by atoms with van der Waals surface area (Å²) in [5, 5.41) is 1.06. The minimum Gasteiger partial charge on any atom is -0.300 e. The molecule has 0 aliphatic carbocycles. The van der Waals surface area contributed by atoms with E-state index in [0.29, 0.717) is 5.69 Å². The molecule has 4 nitrogen and oxygen atoms in total. The van der Waals surface area contributed by atoms with Crippen LogP contribution in [0.4, 0.5) is 10.1 Å². The van der Waals surface area contributed by atoms with Crippen molar-refractivity contribution < 1.29 is 17.6 Å². The summed E-state index contributed by atoms with van der Waals surface area (Å²) >= 11 is 6.02. The predicted molar refractivity (Wildman–Crippen MR) is 96.1 cm³/mol. The van der Waals surface area contributed by atoms with Gasteiger partial charge in [0, 0.05) is 11.1 Å². The van der Waals surface area contributed by atoms with Gasteiger partial charge in [0.1, 0.15) is 5.82 Å². The maximum atomic E-state index is 14.2. The lowest BCUT2D eigenvalue weighted by atomic mass is 10.1. The quantitative estimate of drug-likeness (QED) is 0.816. The lowest BCUT2D eigenvalue weighted by Crippen LogP contribution is -2.41. The molecule has 2 aromatic rings. The van der Waals surface area contributed by atoms with E-state index in [1.807, 2.05) is 6.92 Å². The second-order valence-corrected chi connectivity index (χ2v) is 8.17. The number of benzene rings is 2. The summed E-state index contributed by atoms with van der Waals surface area (Å²) in [5.41, 5.74) is 1.18. The lowest BCUT2D eigenvalue weighted by Gasteiger charge is -2.28. The number of hydrogen-bond donors (Lipinski definition) is 0. The van der Waals surface area contributed by atoms with Crippen LogP contribution in [0.1, 0.15) is 15.9 Å². The molecule has 1 unspecified atom stereocenters. The SMILES string of the molecule is Cc1ccc(N(C(=O)c2c(F)cccc2Cl)C2C=CS(=O)(=O)C2)cc1. The Hall–Kier alpha value is -2.18. The Morgan fingerprint density at radius 1 is 1.20 bits per heavy atom. The fraction of sp³-hybridized carbons (Fsp3) is 0.167. The third-order valence-electron chi connectivity index (χ3n) is 3.95. The fourth-order valence-corrected chi connectivity index (χ4v) is 4.22. The van der Waals surface area contributed by atoms with Crippen molar-refractivity contribution in [3.05, 3.63) is 75.9 Å². The molecule has 0 saturated heterocycles. The molecule has 0 N–H and O–H groups in total. The molecule has 1 atom stereocenters. The van der Waals surface area contributed by atoms with Crippen molar-refractivity contribution in [1.29, 1.82) is 0 Å². The van der Waals surface area contributed by atoms with Gasteiger partial charge in [0.05, 0.1) is 22.4 Å². The van der Waals surface area contributed by atoms with Gasteiger partial charge < -0.3 is 4.90 Å². The predicted octanol–water partition coefficient (Wildman–Crippen LogP) is 3.75. The van der Waals surface area contributed by atoms with E-state index in [4.69, 9.17) is 11.6 Å². The van der Waals surface area contributed by atoms with Gasteiger partial charge >= 0.3 is 0 Å². The van der Waals surface area contributed by atoms with Gasteiger partial charge in [-0.3, -0.25) is 4.79 Å². The summed E-state index contributed by atoms with van der Waals surface area (Å²) < 4.78 is 37.8. The lowest BCUT2D eigenvalue weighted by molar-refractivity contribution is 0.0979. The van der Waals surface area contributed by atoms with E-state index in [1.165, 1.54) is 23.1 Å². The monoisotopic (exact) mass is 379 g/mol. The van der Waals surface area contributed by atoms with E-state index in [0.717, 1.165) is 17.0 Å². The first kappa shape index (κ1) is 17.6. The summed E-state index contributed by atoms with van der Waals surface area (Å²) in [6.45, 7) is 1.89. The van der Waals surface area contributed by atoms with Gasteiger partial charge in [0.25, 0.3) is 5.91 Å². The van der Waals surface area contributed by atoms with E-state index in [-0.39, 0.29) is 16.3 Å². The molecule has 1 heterocycles. The number of anilines is 1. The van der Waals surface area contributed by atoms with Crippen LogP contribution in [0.15, 0.2) is 53.9 Å². The van der Waals surface area contributed by atoms with Crippen molar-refractivity contribution in [1.82, 2.24) is 0 Å². The highest BCUT2D eigenvalue weighted by Gasteiger charge is 2.33. The highest BCUT2D eigenvalue weighted by molar-refractivity contribution is 7.94. The van der Waals surface area contributed by atoms with Crippen molar-refractivity contribution in [2.45, 2.75) is 13.0 Å². The highest BCUT2D eigenvalue weighted by atomic mass is 35.5. The number of rotatable bonds is 3. The molecule has 0 aromatic heterocycles. The summed E-state index contributed by atoms with van der Waals surface area (Å²) in [6.07, 6.45) is 1.43. The number of halogens is 2. The first-order chi connectivity index (χ1) is 11.8. The van der Waals surface area contributed by atoms with Crippen molar-refractivity contribution in [3.63, 3.8) is 0 Å². The van der Waals surface area contributed by atoms with Crippen LogP contribution in [0.5, 0.6) is 0 Å². The molecule has 0 bridgehead atoms. The number of carbonyl (C=O) groups is 1. The Bertz CT molecular complexity index is 935. The first-order valence-corrected chi connectivity index (χ1v) is 9.63. The molecular weight excluding hydrogens is 365 g/mol. The van der Waals surface area contributed by atoms with Crippen LogP contribution in [0, 0.1) is 12.7 Å². The standard InChI is InChI=1S/C18H15ClFNO3S/c1-12-5-7-13(8-6-12)21(14-9-10-25(23,24)11-14)18(22)17-15(19)3-2-4-16(17)20/h2-10,14H,11H2,1H3. The van der Waals surface area contributed by atoms with E-state index in [2.05, 4.69) is 0 Å². The van der Waals surface area contributed by atoms with Crippen LogP contribution in [-0.2, 0) is 9.84 Å². The highest BCUT2D eigenvalue weighted by Crippen LogP contribution is 2.28. The summed E-state index contributed by atoms with van der Waals surface area (Å²) in [6, 6.07) is 10.2. The molecule has 0 spiro atoms. The van der Waals surface area contributed by atoms with Crippen LogP contribution >= 0.6 is 11.6 Å².